The third kappa shape index (κ3) is 5.95. The van der Waals surface area contributed by atoms with Crippen LogP contribution in [0.5, 0.6) is 5.75 Å². The van der Waals surface area contributed by atoms with Crippen molar-refractivity contribution in [2.24, 2.45) is 0 Å². The van der Waals surface area contributed by atoms with Gasteiger partial charge >= 0.3 is 6.36 Å². The molecule has 2 N–H and O–H groups in total. The van der Waals surface area contributed by atoms with Gasteiger partial charge in [-0.2, -0.15) is 4.98 Å². The zero-order valence-corrected chi connectivity index (χ0v) is 16.2. The Kier molecular flexibility index (Phi) is 6.07. The molecule has 0 aliphatic rings. The summed E-state index contributed by atoms with van der Waals surface area (Å²) in [6.07, 6.45) is -1.49. The lowest BCUT2D eigenvalue weighted by Crippen LogP contribution is -2.17. The smallest absolute Gasteiger partial charge is 0.404 e. The first kappa shape index (κ1) is 20.7. The van der Waals surface area contributed by atoms with Gasteiger partial charge in [-0.1, -0.05) is 11.6 Å². The minimum Gasteiger partial charge on any atom is -0.404 e. The Morgan fingerprint density at radius 2 is 1.90 bits per heavy atom. The summed E-state index contributed by atoms with van der Waals surface area (Å²) in [5.74, 6) is 0.347. The first-order chi connectivity index (χ1) is 13.7. The highest BCUT2D eigenvalue weighted by Gasteiger charge is 2.32. The zero-order valence-electron chi connectivity index (χ0n) is 15.5. The van der Waals surface area contributed by atoms with E-state index in [9.17, 15) is 13.2 Å². The van der Waals surface area contributed by atoms with Crippen molar-refractivity contribution in [3.05, 3.63) is 53.8 Å². The highest BCUT2D eigenvalue weighted by molar-refractivity contribution is 6.32. The fourth-order valence-electron chi connectivity index (χ4n) is 2.43. The fraction of sp³-hybridized carbons (Fsp3) is 0.211. The number of anilines is 3. The Balaban J connectivity index is 1.91. The van der Waals surface area contributed by atoms with Gasteiger partial charge in [-0.15, -0.1) is 13.2 Å². The summed E-state index contributed by atoms with van der Waals surface area (Å²) in [4.78, 5) is 13.0. The number of hydrogen-bond acceptors (Lipinski definition) is 6. The van der Waals surface area contributed by atoms with Crippen LogP contribution >= 0.6 is 11.6 Å². The highest BCUT2D eigenvalue weighted by atomic mass is 35.5. The molecule has 29 heavy (non-hydrogen) atoms. The van der Waals surface area contributed by atoms with Crippen molar-refractivity contribution in [3.63, 3.8) is 0 Å². The molecule has 3 rings (SSSR count). The lowest BCUT2D eigenvalue weighted by atomic mass is 10.2. The quantitative estimate of drug-likeness (QED) is 0.533. The van der Waals surface area contributed by atoms with Crippen molar-refractivity contribution in [2.75, 3.05) is 10.6 Å². The predicted molar refractivity (Wildman–Crippen MR) is 105 cm³/mol. The van der Waals surface area contributed by atoms with Crippen LogP contribution in [-0.4, -0.2) is 27.4 Å². The molecule has 0 unspecified atom stereocenters. The van der Waals surface area contributed by atoms with E-state index >= 15 is 0 Å². The van der Waals surface area contributed by atoms with Gasteiger partial charge in [-0.05, 0) is 44.2 Å². The number of benzene rings is 1. The minimum atomic E-state index is -4.82. The van der Waals surface area contributed by atoms with Crippen molar-refractivity contribution < 1.29 is 17.9 Å². The molecule has 0 fully saturated rings. The van der Waals surface area contributed by atoms with Crippen LogP contribution in [0.1, 0.15) is 13.8 Å². The van der Waals surface area contributed by atoms with Crippen molar-refractivity contribution in [2.45, 2.75) is 26.3 Å². The molecule has 0 saturated heterocycles. The molecule has 10 heteroatoms. The van der Waals surface area contributed by atoms with E-state index in [2.05, 4.69) is 30.3 Å². The number of alkyl halides is 3. The zero-order chi connectivity index (χ0) is 21.0. The predicted octanol–water partition coefficient (Wildman–Crippen LogP) is 5.65. The van der Waals surface area contributed by atoms with Crippen LogP contribution in [0, 0.1) is 0 Å². The summed E-state index contributed by atoms with van der Waals surface area (Å²) < 4.78 is 41.1. The van der Waals surface area contributed by atoms with Crippen molar-refractivity contribution in [1.82, 2.24) is 15.0 Å². The first-order valence-corrected chi connectivity index (χ1v) is 8.96. The van der Waals surface area contributed by atoms with Crippen molar-refractivity contribution in [3.8, 4) is 17.0 Å². The molecule has 0 aliphatic carbocycles. The molecule has 0 aliphatic heterocycles. The summed E-state index contributed by atoms with van der Waals surface area (Å²) in [6.45, 7) is 3.90. The van der Waals surface area contributed by atoms with Gasteiger partial charge in [0.05, 0.1) is 10.7 Å². The number of hydrogen-bond donors (Lipinski definition) is 2. The van der Waals surface area contributed by atoms with Gasteiger partial charge in [0.1, 0.15) is 11.6 Å². The van der Waals surface area contributed by atoms with Gasteiger partial charge < -0.3 is 15.4 Å². The maximum absolute atomic E-state index is 12.4. The van der Waals surface area contributed by atoms with Crippen molar-refractivity contribution >= 4 is 29.1 Å². The molecule has 2 heterocycles. The van der Waals surface area contributed by atoms with Crippen molar-refractivity contribution in [1.29, 1.82) is 0 Å². The maximum atomic E-state index is 12.4. The second-order valence-corrected chi connectivity index (χ2v) is 6.73. The molecule has 0 amide bonds. The molecular formula is C19H17ClF3N5O. The summed E-state index contributed by atoms with van der Waals surface area (Å²) in [5.41, 5.74) is 1.86. The molecule has 152 valence electrons. The number of ether oxygens (including phenoxy) is 1. The van der Waals surface area contributed by atoms with Crippen LogP contribution in [0.3, 0.4) is 0 Å². The number of pyridine rings is 1. The third-order valence-electron chi connectivity index (χ3n) is 3.53. The van der Waals surface area contributed by atoms with Crippen LogP contribution in [0.4, 0.5) is 30.6 Å². The van der Waals surface area contributed by atoms with Crippen LogP contribution in [0.25, 0.3) is 11.3 Å². The Hall–Kier alpha value is -3.07. The van der Waals surface area contributed by atoms with E-state index in [0.29, 0.717) is 23.1 Å². The molecule has 0 radical (unpaired) electrons. The second kappa shape index (κ2) is 8.52. The summed E-state index contributed by atoms with van der Waals surface area (Å²) in [5, 5.41) is 5.97. The highest BCUT2D eigenvalue weighted by Crippen LogP contribution is 2.33. The molecule has 6 nitrogen and oxygen atoms in total. The number of halogens is 4. The van der Waals surface area contributed by atoms with Crippen LogP contribution in [-0.2, 0) is 0 Å². The fourth-order valence-corrected chi connectivity index (χ4v) is 2.65. The molecule has 2 aromatic heterocycles. The van der Waals surface area contributed by atoms with Gasteiger partial charge in [0.25, 0.3) is 0 Å². The molecule has 1 aromatic carbocycles. The summed E-state index contributed by atoms with van der Waals surface area (Å²) in [7, 11) is 0. The van der Waals surface area contributed by atoms with Gasteiger partial charge in [-0.3, -0.25) is 4.98 Å². The standard InChI is InChI=1S/C19H17ClF3N5O/c1-11(2)25-18-27-15(12-4-3-7-24-10-12)9-17(28-18)26-13-5-6-16(14(20)8-13)29-19(21,22)23/h3-11H,1-2H3,(H2,25,26,27,28). The number of aromatic nitrogens is 3. The summed E-state index contributed by atoms with van der Waals surface area (Å²) in [6, 6.07) is 9.32. The van der Waals surface area contributed by atoms with E-state index in [0.717, 1.165) is 11.6 Å². The second-order valence-electron chi connectivity index (χ2n) is 6.32. The Morgan fingerprint density at radius 1 is 1.10 bits per heavy atom. The number of nitrogens with one attached hydrogen (secondary N) is 2. The third-order valence-corrected chi connectivity index (χ3v) is 3.83. The van der Waals surface area contributed by atoms with Crippen LogP contribution in [0.15, 0.2) is 48.8 Å². The number of nitrogens with zero attached hydrogens (tertiary/aromatic N) is 3. The lowest BCUT2D eigenvalue weighted by Gasteiger charge is -2.14. The van der Waals surface area contributed by atoms with E-state index in [1.54, 1.807) is 24.5 Å². The summed E-state index contributed by atoms with van der Waals surface area (Å²) >= 11 is 5.91. The average Bonchev–Trinajstić information content (AvgIpc) is 2.63. The molecule has 0 saturated carbocycles. The van der Waals surface area contributed by atoms with E-state index in [-0.39, 0.29) is 11.1 Å². The van der Waals surface area contributed by atoms with Gasteiger partial charge in [0.2, 0.25) is 5.95 Å². The minimum absolute atomic E-state index is 0.0974. The normalized spacial score (nSPS) is 11.4. The molecule has 0 atom stereocenters. The van der Waals surface area contributed by atoms with Gasteiger partial charge in [0, 0.05) is 35.8 Å². The largest absolute Gasteiger partial charge is 0.573 e. The molecule has 0 spiro atoms. The van der Waals surface area contributed by atoms with E-state index in [1.165, 1.54) is 12.1 Å². The monoisotopic (exact) mass is 423 g/mol. The van der Waals surface area contributed by atoms with E-state index in [1.807, 2.05) is 19.9 Å². The molecular weight excluding hydrogens is 407 g/mol. The lowest BCUT2D eigenvalue weighted by molar-refractivity contribution is -0.274. The van der Waals surface area contributed by atoms with E-state index in [4.69, 9.17) is 11.6 Å². The van der Waals surface area contributed by atoms with E-state index < -0.39 is 12.1 Å². The van der Waals surface area contributed by atoms with Crippen LogP contribution < -0.4 is 15.4 Å². The SMILES string of the molecule is CC(C)Nc1nc(Nc2ccc(OC(F)(F)F)c(Cl)c2)cc(-c2cccnc2)n1. The Bertz CT molecular complexity index is 983. The van der Waals surface area contributed by atoms with Gasteiger partial charge in [-0.25, -0.2) is 4.98 Å². The number of rotatable bonds is 6. The average molecular weight is 424 g/mol. The van der Waals surface area contributed by atoms with Gasteiger partial charge in [0.15, 0.2) is 0 Å². The first-order valence-electron chi connectivity index (χ1n) is 8.58. The topological polar surface area (TPSA) is 72.0 Å². The Morgan fingerprint density at radius 3 is 2.52 bits per heavy atom. The molecule has 3 aromatic rings. The van der Waals surface area contributed by atoms with Crippen LogP contribution in [0.2, 0.25) is 5.02 Å². The molecule has 0 bridgehead atoms. The maximum Gasteiger partial charge on any atom is 0.573 e. The Labute approximate surface area is 170 Å².